The van der Waals surface area contributed by atoms with E-state index in [4.69, 9.17) is 4.74 Å². The van der Waals surface area contributed by atoms with Crippen LogP contribution >= 0.6 is 35.7 Å². The van der Waals surface area contributed by atoms with Gasteiger partial charge in [0.15, 0.2) is 5.96 Å². The Hall–Kier alpha value is -1.55. The first-order valence-corrected chi connectivity index (χ1v) is 10.0. The van der Waals surface area contributed by atoms with Crippen LogP contribution in [0.25, 0.3) is 0 Å². The number of aromatic nitrogens is 1. The van der Waals surface area contributed by atoms with Crippen LogP contribution in [-0.4, -0.2) is 35.0 Å². The number of aliphatic imine (C=N–C) groups is 1. The minimum Gasteiger partial charge on any atom is -0.439 e. The Morgan fingerprint density at radius 2 is 2.07 bits per heavy atom. The lowest BCUT2D eigenvalue weighted by atomic mass is 10.1. The van der Waals surface area contributed by atoms with Gasteiger partial charge in [0, 0.05) is 37.1 Å². The van der Waals surface area contributed by atoms with Crippen LogP contribution in [0.1, 0.15) is 25.3 Å². The normalized spacial score (nSPS) is 19.0. The molecule has 0 spiro atoms. The fraction of sp³-hybridized carbons (Fsp3) is 0.400. The molecule has 0 radical (unpaired) electrons. The van der Waals surface area contributed by atoms with Crippen LogP contribution in [0.15, 0.2) is 47.6 Å². The Morgan fingerprint density at radius 3 is 2.75 bits per heavy atom. The largest absolute Gasteiger partial charge is 0.439 e. The molecule has 152 valence electrons. The molecule has 0 aliphatic carbocycles. The van der Waals surface area contributed by atoms with E-state index < -0.39 is 0 Å². The highest BCUT2D eigenvalue weighted by Crippen LogP contribution is 2.36. The predicted octanol–water partition coefficient (Wildman–Crippen LogP) is 4.58. The lowest BCUT2D eigenvalue weighted by molar-refractivity contribution is 0.460. The molecule has 1 aliphatic rings. The van der Waals surface area contributed by atoms with Gasteiger partial charge in [0.05, 0.1) is 0 Å². The summed E-state index contributed by atoms with van der Waals surface area (Å²) in [5, 5.41) is 6.74. The molecule has 0 amide bonds. The predicted molar refractivity (Wildman–Crippen MR) is 124 cm³/mol. The molecule has 8 heteroatoms. The molecule has 1 atom stereocenters. The quantitative estimate of drug-likeness (QED) is 0.335. The van der Waals surface area contributed by atoms with Crippen molar-refractivity contribution in [1.82, 2.24) is 15.6 Å². The minimum absolute atomic E-state index is 0. The summed E-state index contributed by atoms with van der Waals surface area (Å²) in [6.07, 6.45) is 4.21. The molecular weight excluding hydrogens is 490 g/mol. The number of rotatable bonds is 6. The van der Waals surface area contributed by atoms with E-state index in [0.29, 0.717) is 18.2 Å². The van der Waals surface area contributed by atoms with Crippen LogP contribution in [0.5, 0.6) is 11.6 Å². The SMILES string of the molecule is CN=C(NCc1ccnc(Oc2ccc(F)cc2)c1)NCC1(C)CCCS1.I. The average Bonchev–Trinajstić information content (AvgIpc) is 3.11. The first-order chi connectivity index (χ1) is 13.1. The highest BCUT2D eigenvalue weighted by Gasteiger charge is 2.29. The molecule has 3 rings (SSSR count). The van der Waals surface area contributed by atoms with E-state index in [2.05, 4.69) is 27.5 Å². The molecule has 2 heterocycles. The number of hydrogen-bond acceptors (Lipinski definition) is 4. The maximum atomic E-state index is 13.0. The van der Waals surface area contributed by atoms with Crippen LogP contribution in [0, 0.1) is 5.82 Å². The Bertz CT molecular complexity index is 782. The number of nitrogens with one attached hydrogen (secondary N) is 2. The summed E-state index contributed by atoms with van der Waals surface area (Å²) in [4.78, 5) is 8.51. The Morgan fingerprint density at radius 1 is 1.29 bits per heavy atom. The van der Waals surface area contributed by atoms with Gasteiger partial charge in [0.2, 0.25) is 5.88 Å². The number of guanidine groups is 1. The van der Waals surface area contributed by atoms with Gasteiger partial charge >= 0.3 is 0 Å². The maximum Gasteiger partial charge on any atom is 0.219 e. The molecule has 1 fully saturated rings. The first-order valence-electron chi connectivity index (χ1n) is 9.03. The standard InChI is InChI=1S/C20H25FN4OS.HI/c1-20(9-3-11-27-20)14-25-19(22-2)24-13-15-8-10-23-18(12-15)26-17-6-4-16(21)5-7-17;/h4-8,10,12H,3,9,11,13-14H2,1-2H3,(H2,22,24,25);1H. The molecule has 1 aromatic heterocycles. The molecule has 0 bridgehead atoms. The van der Waals surface area contributed by atoms with Gasteiger partial charge in [0.1, 0.15) is 11.6 Å². The number of nitrogens with zero attached hydrogens (tertiary/aromatic N) is 2. The Kier molecular flexibility index (Phi) is 8.81. The summed E-state index contributed by atoms with van der Waals surface area (Å²) in [6.45, 7) is 3.80. The topological polar surface area (TPSA) is 58.5 Å². The Balaban J connectivity index is 0.00000280. The van der Waals surface area contributed by atoms with Gasteiger partial charge in [-0.15, -0.1) is 24.0 Å². The monoisotopic (exact) mass is 516 g/mol. The van der Waals surface area contributed by atoms with Gasteiger partial charge in [-0.05, 0) is 61.4 Å². The van der Waals surface area contributed by atoms with Gasteiger partial charge in [-0.1, -0.05) is 0 Å². The fourth-order valence-corrected chi connectivity index (χ4v) is 4.14. The van der Waals surface area contributed by atoms with Crippen molar-refractivity contribution in [1.29, 1.82) is 0 Å². The summed E-state index contributed by atoms with van der Waals surface area (Å²) in [6, 6.07) is 9.66. The number of hydrogen-bond donors (Lipinski definition) is 2. The number of pyridine rings is 1. The van der Waals surface area contributed by atoms with Crippen LogP contribution in [0.3, 0.4) is 0 Å². The van der Waals surface area contributed by atoms with Crippen molar-refractivity contribution in [3.05, 3.63) is 54.0 Å². The zero-order valence-electron chi connectivity index (χ0n) is 16.1. The zero-order valence-corrected chi connectivity index (χ0v) is 19.2. The lowest BCUT2D eigenvalue weighted by Crippen LogP contribution is -2.43. The van der Waals surface area contributed by atoms with Crippen molar-refractivity contribution < 1.29 is 9.13 Å². The number of benzene rings is 1. The fourth-order valence-electron chi connectivity index (χ4n) is 2.89. The molecular formula is C20H26FIN4OS. The van der Waals surface area contributed by atoms with Gasteiger partial charge in [-0.25, -0.2) is 9.37 Å². The van der Waals surface area contributed by atoms with Crippen molar-refractivity contribution in [2.45, 2.75) is 31.1 Å². The van der Waals surface area contributed by atoms with E-state index >= 15 is 0 Å². The smallest absolute Gasteiger partial charge is 0.219 e. The number of thioether (sulfide) groups is 1. The van der Waals surface area contributed by atoms with E-state index in [9.17, 15) is 4.39 Å². The van der Waals surface area contributed by atoms with Crippen LogP contribution < -0.4 is 15.4 Å². The van der Waals surface area contributed by atoms with E-state index in [0.717, 1.165) is 18.1 Å². The van der Waals surface area contributed by atoms with Crippen molar-refractivity contribution in [2.75, 3.05) is 19.3 Å². The zero-order chi connectivity index (χ0) is 19.1. The molecule has 1 aromatic carbocycles. The Labute approximate surface area is 187 Å². The van der Waals surface area contributed by atoms with Gasteiger partial charge < -0.3 is 15.4 Å². The molecule has 2 aromatic rings. The third-order valence-electron chi connectivity index (χ3n) is 4.45. The second-order valence-electron chi connectivity index (χ2n) is 6.74. The molecule has 0 saturated carbocycles. The third kappa shape index (κ3) is 6.80. The third-order valence-corrected chi connectivity index (χ3v) is 5.99. The summed E-state index contributed by atoms with van der Waals surface area (Å²) in [5.74, 6) is 2.74. The molecule has 1 saturated heterocycles. The van der Waals surface area contributed by atoms with Crippen LogP contribution in [0.2, 0.25) is 0 Å². The van der Waals surface area contributed by atoms with Gasteiger partial charge in [-0.3, -0.25) is 4.99 Å². The van der Waals surface area contributed by atoms with E-state index in [1.165, 1.54) is 30.7 Å². The summed E-state index contributed by atoms with van der Waals surface area (Å²) in [5.41, 5.74) is 1.02. The molecule has 5 nitrogen and oxygen atoms in total. The van der Waals surface area contributed by atoms with Crippen molar-refractivity contribution in [3.63, 3.8) is 0 Å². The molecule has 1 unspecified atom stereocenters. The molecule has 1 aliphatic heterocycles. The summed E-state index contributed by atoms with van der Waals surface area (Å²) >= 11 is 2.02. The highest BCUT2D eigenvalue weighted by atomic mass is 127. The maximum absolute atomic E-state index is 13.0. The van der Waals surface area contributed by atoms with Crippen molar-refractivity contribution >= 4 is 41.7 Å². The number of ether oxygens (including phenoxy) is 1. The first kappa shape index (κ1) is 22.7. The highest BCUT2D eigenvalue weighted by molar-refractivity contribution is 14.0. The van der Waals surface area contributed by atoms with E-state index in [1.54, 1.807) is 25.4 Å². The van der Waals surface area contributed by atoms with Crippen LogP contribution in [0.4, 0.5) is 4.39 Å². The van der Waals surface area contributed by atoms with Gasteiger partial charge in [0.25, 0.3) is 0 Å². The summed E-state index contributed by atoms with van der Waals surface area (Å²) < 4.78 is 19.0. The van der Waals surface area contributed by atoms with E-state index in [1.807, 2.05) is 23.9 Å². The van der Waals surface area contributed by atoms with Crippen molar-refractivity contribution in [2.24, 2.45) is 4.99 Å². The number of halogens is 2. The van der Waals surface area contributed by atoms with Gasteiger partial charge in [-0.2, -0.15) is 11.8 Å². The average molecular weight is 516 g/mol. The minimum atomic E-state index is -0.294. The summed E-state index contributed by atoms with van der Waals surface area (Å²) in [7, 11) is 1.77. The van der Waals surface area contributed by atoms with Crippen molar-refractivity contribution in [3.8, 4) is 11.6 Å². The molecule has 2 N–H and O–H groups in total. The lowest BCUT2D eigenvalue weighted by Gasteiger charge is -2.24. The molecule has 28 heavy (non-hydrogen) atoms. The van der Waals surface area contributed by atoms with E-state index in [-0.39, 0.29) is 34.5 Å². The second kappa shape index (κ2) is 10.8. The van der Waals surface area contributed by atoms with Crippen LogP contribution in [-0.2, 0) is 6.54 Å². The second-order valence-corrected chi connectivity index (χ2v) is 8.42.